The SMILES string of the molecule is COC(=O)C1CN(Cc2ccc(-c3ccc(CN(c4ccc(F)cc4)C(C)C)cc3)cc2)C1. The maximum absolute atomic E-state index is 13.3. The molecule has 1 aliphatic rings. The van der Waals surface area contributed by atoms with Crippen molar-refractivity contribution < 1.29 is 13.9 Å². The molecule has 0 saturated carbocycles. The van der Waals surface area contributed by atoms with Crippen LogP contribution in [0.3, 0.4) is 0 Å². The molecule has 0 aromatic heterocycles. The van der Waals surface area contributed by atoms with E-state index in [0.29, 0.717) is 6.04 Å². The zero-order valence-electron chi connectivity index (χ0n) is 19.5. The lowest BCUT2D eigenvalue weighted by Crippen LogP contribution is -2.49. The number of esters is 1. The lowest BCUT2D eigenvalue weighted by atomic mass is 9.98. The van der Waals surface area contributed by atoms with Crippen LogP contribution in [0.5, 0.6) is 0 Å². The molecule has 0 N–H and O–H groups in total. The van der Waals surface area contributed by atoms with Crippen molar-refractivity contribution in [1.29, 1.82) is 0 Å². The monoisotopic (exact) mass is 446 g/mol. The van der Waals surface area contributed by atoms with Crippen molar-refractivity contribution in [2.45, 2.75) is 33.0 Å². The average molecular weight is 447 g/mol. The Morgan fingerprint density at radius 1 is 0.939 bits per heavy atom. The van der Waals surface area contributed by atoms with Gasteiger partial charge < -0.3 is 9.64 Å². The van der Waals surface area contributed by atoms with Gasteiger partial charge in [-0.15, -0.1) is 0 Å². The van der Waals surface area contributed by atoms with Gasteiger partial charge in [0.05, 0.1) is 13.0 Å². The number of likely N-dealkylation sites (tertiary alicyclic amines) is 1. The second-order valence-corrected chi connectivity index (χ2v) is 9.01. The van der Waals surface area contributed by atoms with Crippen molar-refractivity contribution in [2.75, 3.05) is 25.1 Å². The summed E-state index contributed by atoms with van der Waals surface area (Å²) in [5, 5.41) is 0. The van der Waals surface area contributed by atoms with Crippen LogP contribution in [0.25, 0.3) is 11.1 Å². The summed E-state index contributed by atoms with van der Waals surface area (Å²) in [4.78, 5) is 16.1. The molecule has 5 heteroatoms. The Labute approximate surface area is 195 Å². The molecule has 0 radical (unpaired) electrons. The van der Waals surface area contributed by atoms with E-state index in [-0.39, 0.29) is 17.7 Å². The number of hydrogen-bond acceptors (Lipinski definition) is 4. The van der Waals surface area contributed by atoms with Gasteiger partial charge in [0.15, 0.2) is 0 Å². The Hall–Kier alpha value is -3.18. The van der Waals surface area contributed by atoms with Crippen molar-refractivity contribution in [2.24, 2.45) is 5.92 Å². The van der Waals surface area contributed by atoms with Gasteiger partial charge in [0.1, 0.15) is 5.82 Å². The summed E-state index contributed by atoms with van der Waals surface area (Å²) in [5.41, 5.74) is 5.83. The number of methoxy groups -OCH3 is 1. The van der Waals surface area contributed by atoms with E-state index in [1.54, 1.807) is 0 Å². The predicted molar refractivity (Wildman–Crippen MR) is 130 cm³/mol. The zero-order chi connectivity index (χ0) is 23.4. The van der Waals surface area contributed by atoms with Gasteiger partial charge in [0, 0.05) is 37.9 Å². The Kier molecular flexibility index (Phi) is 7.09. The van der Waals surface area contributed by atoms with Crippen molar-refractivity contribution in [3.8, 4) is 11.1 Å². The first kappa shape index (κ1) is 23.0. The first-order valence-electron chi connectivity index (χ1n) is 11.4. The molecule has 1 saturated heterocycles. The number of anilines is 1. The Morgan fingerprint density at radius 3 is 2.00 bits per heavy atom. The van der Waals surface area contributed by atoms with Crippen molar-refractivity contribution in [3.05, 3.63) is 89.7 Å². The van der Waals surface area contributed by atoms with E-state index in [0.717, 1.165) is 31.9 Å². The summed E-state index contributed by atoms with van der Waals surface area (Å²) in [7, 11) is 1.45. The highest BCUT2D eigenvalue weighted by molar-refractivity contribution is 5.73. The van der Waals surface area contributed by atoms with Gasteiger partial charge in [-0.25, -0.2) is 4.39 Å². The summed E-state index contributed by atoms with van der Waals surface area (Å²) in [5.74, 6) is -0.310. The molecule has 33 heavy (non-hydrogen) atoms. The minimum atomic E-state index is -0.215. The van der Waals surface area contributed by atoms with Gasteiger partial charge in [0.25, 0.3) is 0 Å². The van der Waals surface area contributed by atoms with Crippen LogP contribution in [0.15, 0.2) is 72.8 Å². The summed E-state index contributed by atoms with van der Waals surface area (Å²) < 4.78 is 18.1. The number of nitrogens with zero attached hydrogens (tertiary/aromatic N) is 2. The van der Waals surface area contributed by atoms with Gasteiger partial charge in [-0.1, -0.05) is 48.5 Å². The largest absolute Gasteiger partial charge is 0.469 e. The highest BCUT2D eigenvalue weighted by Crippen LogP contribution is 2.25. The molecule has 1 aliphatic heterocycles. The number of benzene rings is 3. The van der Waals surface area contributed by atoms with Gasteiger partial charge in [-0.3, -0.25) is 9.69 Å². The third-order valence-corrected chi connectivity index (χ3v) is 6.27. The topological polar surface area (TPSA) is 32.8 Å². The fourth-order valence-electron chi connectivity index (χ4n) is 4.28. The molecular weight excluding hydrogens is 415 g/mol. The van der Waals surface area contributed by atoms with E-state index in [4.69, 9.17) is 4.74 Å². The Balaban J connectivity index is 1.36. The highest BCUT2D eigenvalue weighted by Gasteiger charge is 2.33. The number of carbonyl (C=O) groups is 1. The molecule has 0 amide bonds. The maximum atomic E-state index is 13.3. The molecule has 3 aromatic rings. The van der Waals surface area contributed by atoms with Crippen LogP contribution in [0.4, 0.5) is 10.1 Å². The van der Waals surface area contributed by atoms with Crippen LogP contribution in [0, 0.1) is 11.7 Å². The number of hydrogen-bond donors (Lipinski definition) is 0. The molecule has 4 nitrogen and oxygen atoms in total. The Bertz CT molecular complexity index is 1060. The molecule has 1 fully saturated rings. The van der Waals surface area contributed by atoms with E-state index in [1.165, 1.54) is 41.5 Å². The predicted octanol–water partition coefficient (Wildman–Crippen LogP) is 5.51. The minimum Gasteiger partial charge on any atom is -0.469 e. The molecule has 0 aliphatic carbocycles. The van der Waals surface area contributed by atoms with Crippen LogP contribution < -0.4 is 4.90 Å². The third-order valence-electron chi connectivity index (χ3n) is 6.27. The molecule has 4 rings (SSSR count). The average Bonchev–Trinajstić information content (AvgIpc) is 2.80. The smallest absolute Gasteiger partial charge is 0.311 e. The van der Waals surface area contributed by atoms with Gasteiger partial charge in [-0.2, -0.15) is 0 Å². The number of rotatable bonds is 8. The molecule has 0 unspecified atom stereocenters. The second-order valence-electron chi connectivity index (χ2n) is 9.01. The minimum absolute atomic E-state index is 0.0162. The summed E-state index contributed by atoms with van der Waals surface area (Å²) in [6.45, 7) is 7.44. The second kappa shape index (κ2) is 10.2. The summed E-state index contributed by atoms with van der Waals surface area (Å²) in [6, 6.07) is 24.3. The van der Waals surface area contributed by atoms with Crippen LogP contribution >= 0.6 is 0 Å². The standard InChI is InChI=1S/C28H31FN2O2/c1-20(2)31(27-14-12-26(29)13-15-27)17-22-6-10-24(11-7-22)23-8-4-21(5-9-23)16-30-18-25(19-30)28(32)33-3/h4-15,20,25H,16-19H2,1-3H3. The fraction of sp³-hybridized carbons (Fsp3) is 0.321. The molecule has 172 valence electrons. The lowest BCUT2D eigenvalue weighted by molar-refractivity contribution is -0.151. The van der Waals surface area contributed by atoms with Crippen LogP contribution in [-0.4, -0.2) is 37.1 Å². The number of halogens is 1. The first-order valence-corrected chi connectivity index (χ1v) is 11.4. The maximum Gasteiger partial charge on any atom is 0.311 e. The number of carbonyl (C=O) groups excluding carboxylic acids is 1. The van der Waals surface area contributed by atoms with Crippen LogP contribution in [0.2, 0.25) is 0 Å². The quantitative estimate of drug-likeness (QED) is 0.427. The van der Waals surface area contributed by atoms with E-state index in [1.807, 2.05) is 12.1 Å². The lowest BCUT2D eigenvalue weighted by Gasteiger charge is -2.37. The van der Waals surface area contributed by atoms with Crippen molar-refractivity contribution >= 4 is 11.7 Å². The van der Waals surface area contributed by atoms with Crippen molar-refractivity contribution in [1.82, 2.24) is 4.90 Å². The first-order chi connectivity index (χ1) is 15.9. The fourth-order valence-corrected chi connectivity index (χ4v) is 4.28. The van der Waals surface area contributed by atoms with Crippen molar-refractivity contribution in [3.63, 3.8) is 0 Å². The zero-order valence-corrected chi connectivity index (χ0v) is 19.5. The normalized spacial score (nSPS) is 14.2. The third kappa shape index (κ3) is 5.60. The van der Waals surface area contributed by atoms with Crippen LogP contribution in [0.1, 0.15) is 25.0 Å². The highest BCUT2D eigenvalue weighted by atomic mass is 19.1. The molecule has 3 aromatic carbocycles. The molecule has 0 spiro atoms. The van der Waals surface area contributed by atoms with Crippen LogP contribution in [-0.2, 0) is 22.6 Å². The molecule has 0 atom stereocenters. The summed E-state index contributed by atoms with van der Waals surface area (Å²) >= 11 is 0. The van der Waals surface area contributed by atoms with E-state index < -0.39 is 0 Å². The number of ether oxygens (including phenoxy) is 1. The molecule has 1 heterocycles. The van der Waals surface area contributed by atoms with Gasteiger partial charge in [-0.05, 0) is 60.4 Å². The molecular formula is C28H31FN2O2. The van der Waals surface area contributed by atoms with Gasteiger partial charge in [0.2, 0.25) is 0 Å². The Morgan fingerprint density at radius 2 is 1.48 bits per heavy atom. The molecule has 0 bridgehead atoms. The van der Waals surface area contributed by atoms with Gasteiger partial charge >= 0.3 is 5.97 Å². The van der Waals surface area contributed by atoms with E-state index >= 15 is 0 Å². The van der Waals surface area contributed by atoms with E-state index in [9.17, 15) is 9.18 Å². The van der Waals surface area contributed by atoms with E-state index in [2.05, 4.69) is 72.2 Å². The summed E-state index contributed by atoms with van der Waals surface area (Å²) in [6.07, 6.45) is 0.